The van der Waals surface area contributed by atoms with E-state index in [1.165, 1.54) is 5.56 Å². The highest BCUT2D eigenvalue weighted by Crippen LogP contribution is 2.34. The average molecular weight is 459 g/mol. The van der Waals surface area contributed by atoms with Crippen molar-refractivity contribution in [2.75, 3.05) is 5.73 Å². The van der Waals surface area contributed by atoms with E-state index in [9.17, 15) is 0 Å². The van der Waals surface area contributed by atoms with Crippen LogP contribution in [0.15, 0.2) is 47.5 Å². The Balaban J connectivity index is 0.00000171. The molecule has 6 N–H and O–H groups in total. The second-order valence-electron chi connectivity index (χ2n) is 8.45. The number of imidazole rings is 1. The summed E-state index contributed by atoms with van der Waals surface area (Å²) in [6, 6.07) is 14.3. The Morgan fingerprint density at radius 1 is 1.06 bits per heavy atom. The molecule has 0 fully saturated rings. The van der Waals surface area contributed by atoms with Crippen molar-refractivity contribution >= 4 is 48.1 Å². The molecule has 164 valence electrons. The summed E-state index contributed by atoms with van der Waals surface area (Å²) in [6.45, 7) is 6.58. The Labute approximate surface area is 194 Å². The molecule has 0 amide bonds. The van der Waals surface area contributed by atoms with Crippen molar-refractivity contribution in [3.8, 4) is 11.3 Å². The molecule has 0 saturated carbocycles. The van der Waals surface area contributed by atoms with Crippen LogP contribution in [0.25, 0.3) is 11.3 Å². The molecule has 8 heteroatoms. The number of hydrogen-bond donors (Lipinski definition) is 4. The lowest BCUT2D eigenvalue weighted by molar-refractivity contribution is 0.590. The van der Waals surface area contributed by atoms with Crippen LogP contribution >= 0.6 is 24.8 Å². The molecule has 0 spiro atoms. The fourth-order valence-corrected chi connectivity index (χ4v) is 3.80. The number of hydrogen-bond acceptors (Lipinski definition) is 4. The monoisotopic (exact) mass is 458 g/mol. The van der Waals surface area contributed by atoms with E-state index >= 15 is 0 Å². The van der Waals surface area contributed by atoms with Crippen molar-refractivity contribution in [1.29, 1.82) is 5.41 Å². The summed E-state index contributed by atoms with van der Waals surface area (Å²) in [7, 11) is 0. The maximum absolute atomic E-state index is 7.81. The Morgan fingerprint density at radius 3 is 2.35 bits per heavy atom. The molecule has 3 aromatic rings. The number of nitrogen functional groups attached to an aromatic ring is 2. The van der Waals surface area contributed by atoms with Crippen molar-refractivity contribution in [2.24, 2.45) is 10.7 Å². The van der Waals surface area contributed by atoms with E-state index in [2.05, 4.69) is 55.0 Å². The molecule has 0 radical (unpaired) electrons. The van der Waals surface area contributed by atoms with Crippen molar-refractivity contribution < 1.29 is 0 Å². The summed E-state index contributed by atoms with van der Waals surface area (Å²) < 4.78 is 0. The summed E-state index contributed by atoms with van der Waals surface area (Å²) in [6.07, 6.45) is 1.61. The van der Waals surface area contributed by atoms with Gasteiger partial charge < -0.3 is 16.5 Å². The van der Waals surface area contributed by atoms with Crippen LogP contribution in [0.4, 0.5) is 11.8 Å². The Morgan fingerprint density at radius 2 is 1.74 bits per heavy atom. The number of aromatic amines is 1. The summed E-state index contributed by atoms with van der Waals surface area (Å²) in [5.74, 6) is 1.02. The first-order valence-electron chi connectivity index (χ1n) is 9.74. The van der Waals surface area contributed by atoms with Crippen LogP contribution in [-0.4, -0.2) is 21.5 Å². The lowest BCUT2D eigenvalue weighted by atomic mass is 9.86. The number of halogens is 2. The van der Waals surface area contributed by atoms with Crippen LogP contribution in [0.1, 0.15) is 49.4 Å². The van der Waals surface area contributed by atoms with Crippen LogP contribution in [0.3, 0.4) is 0 Å². The van der Waals surface area contributed by atoms with Gasteiger partial charge in [0, 0.05) is 11.1 Å². The zero-order valence-electron chi connectivity index (χ0n) is 17.8. The average Bonchev–Trinajstić information content (AvgIpc) is 3.24. The molecule has 6 nitrogen and oxygen atoms in total. The minimum absolute atomic E-state index is 0. The number of nitrogens with zero attached hydrogens (tertiary/aromatic N) is 2. The van der Waals surface area contributed by atoms with Gasteiger partial charge in [-0.1, -0.05) is 63.2 Å². The number of amidine groups is 1. The third-order valence-corrected chi connectivity index (χ3v) is 5.37. The number of H-pyrrole nitrogens is 1. The number of aromatic nitrogens is 2. The lowest BCUT2D eigenvalue weighted by Crippen LogP contribution is -2.13. The topological polar surface area (TPSA) is 117 Å². The zero-order chi connectivity index (χ0) is 20.8. The highest BCUT2D eigenvalue weighted by atomic mass is 35.5. The fourth-order valence-electron chi connectivity index (χ4n) is 3.80. The Bertz CT molecular complexity index is 1120. The van der Waals surface area contributed by atoms with Gasteiger partial charge in [-0.25, -0.2) is 4.99 Å². The van der Waals surface area contributed by atoms with Gasteiger partial charge >= 0.3 is 0 Å². The summed E-state index contributed by atoms with van der Waals surface area (Å²) in [5, 5.41) is 7.81. The first kappa shape index (κ1) is 24.4. The maximum atomic E-state index is 7.81. The summed E-state index contributed by atoms with van der Waals surface area (Å²) in [5.41, 5.74) is 18.7. The third kappa shape index (κ3) is 4.75. The third-order valence-electron chi connectivity index (χ3n) is 5.37. The predicted molar refractivity (Wildman–Crippen MR) is 134 cm³/mol. The van der Waals surface area contributed by atoms with Gasteiger partial charge in [0.1, 0.15) is 5.84 Å². The molecular formula is C23H28Cl2N6. The molecule has 0 unspecified atom stereocenters. The van der Waals surface area contributed by atoms with E-state index in [0.717, 1.165) is 46.5 Å². The number of aliphatic imine (C=N–C) groups is 1. The number of fused-ring (bicyclic) bond motifs is 1. The van der Waals surface area contributed by atoms with Crippen molar-refractivity contribution in [1.82, 2.24) is 9.97 Å². The number of nitrogens with two attached hydrogens (primary N) is 2. The molecule has 0 aliphatic heterocycles. The van der Waals surface area contributed by atoms with Crippen molar-refractivity contribution in [3.05, 3.63) is 64.7 Å². The second-order valence-corrected chi connectivity index (χ2v) is 8.45. The maximum Gasteiger partial charge on any atom is 0.200 e. The highest BCUT2D eigenvalue weighted by molar-refractivity contribution is 6.09. The molecule has 2 aromatic carbocycles. The van der Waals surface area contributed by atoms with E-state index in [1.807, 2.05) is 18.2 Å². The molecule has 31 heavy (non-hydrogen) atoms. The second kappa shape index (κ2) is 9.12. The van der Waals surface area contributed by atoms with Crippen molar-refractivity contribution in [2.45, 2.75) is 39.0 Å². The number of rotatable bonds is 3. The predicted octanol–water partition coefficient (Wildman–Crippen LogP) is 5.15. The highest BCUT2D eigenvalue weighted by Gasteiger charge is 2.23. The number of anilines is 1. The van der Waals surface area contributed by atoms with Crippen LogP contribution in [0.2, 0.25) is 0 Å². The molecule has 1 heterocycles. The Hall–Kier alpha value is -2.83. The lowest BCUT2D eigenvalue weighted by Gasteiger charge is -2.19. The van der Waals surface area contributed by atoms with Crippen LogP contribution in [0, 0.1) is 5.41 Å². The van der Waals surface area contributed by atoms with E-state index in [-0.39, 0.29) is 36.1 Å². The van der Waals surface area contributed by atoms with Crippen LogP contribution in [0.5, 0.6) is 0 Å². The first-order valence-corrected chi connectivity index (χ1v) is 9.74. The van der Waals surface area contributed by atoms with Gasteiger partial charge in [-0.15, -0.1) is 24.8 Å². The van der Waals surface area contributed by atoms with E-state index < -0.39 is 0 Å². The number of benzene rings is 2. The van der Waals surface area contributed by atoms with E-state index in [4.69, 9.17) is 21.9 Å². The number of nitrogens with one attached hydrogen (secondary N) is 2. The van der Waals surface area contributed by atoms with Crippen molar-refractivity contribution in [3.63, 3.8) is 0 Å². The Kier molecular flexibility index (Phi) is 7.19. The fraction of sp³-hybridized carbons (Fsp3) is 0.261. The van der Waals surface area contributed by atoms with Gasteiger partial charge in [-0.05, 0) is 34.9 Å². The van der Waals surface area contributed by atoms with E-state index in [1.54, 1.807) is 0 Å². The smallest absolute Gasteiger partial charge is 0.200 e. The molecule has 4 rings (SSSR count). The van der Waals surface area contributed by atoms with Crippen LogP contribution < -0.4 is 11.5 Å². The molecule has 1 aliphatic carbocycles. The minimum Gasteiger partial charge on any atom is -0.384 e. The van der Waals surface area contributed by atoms with Crippen LogP contribution in [-0.2, 0) is 11.8 Å². The van der Waals surface area contributed by atoms with Gasteiger partial charge in [0.15, 0.2) is 11.8 Å². The van der Waals surface area contributed by atoms with Gasteiger partial charge in [0.05, 0.1) is 11.4 Å². The minimum atomic E-state index is 0. The molecule has 0 bridgehead atoms. The molecule has 0 atom stereocenters. The molecule has 1 aromatic heterocycles. The first-order chi connectivity index (χ1) is 13.7. The van der Waals surface area contributed by atoms with Gasteiger partial charge in [-0.3, -0.25) is 5.41 Å². The van der Waals surface area contributed by atoms with Gasteiger partial charge in [0.2, 0.25) is 0 Å². The largest absolute Gasteiger partial charge is 0.384 e. The molecular weight excluding hydrogens is 431 g/mol. The van der Waals surface area contributed by atoms with Gasteiger partial charge in [0.25, 0.3) is 0 Å². The summed E-state index contributed by atoms with van der Waals surface area (Å²) in [4.78, 5) is 12.4. The molecule has 1 aliphatic rings. The summed E-state index contributed by atoms with van der Waals surface area (Å²) >= 11 is 0. The molecule has 0 saturated heterocycles. The van der Waals surface area contributed by atoms with E-state index in [0.29, 0.717) is 11.8 Å². The normalized spacial score (nSPS) is 14.0. The standard InChI is InChI=1S/C23H26N6.2ClH/c1-23(2,3)14-9-7-13(8-10-14)19-21(29-22(26)28-19)27-18-12-11-15-16(18)5-4-6-17(15)20(24)25;;/h4-10H,11-12H2,1-3H3,(H3,24,25)(H3,26,28,29);2*1H. The van der Waals surface area contributed by atoms with Gasteiger partial charge in [-0.2, -0.15) is 4.98 Å². The SMILES string of the molecule is CC(C)(C)c1ccc(-c2[nH]c(N)nc2N=C2CCc3c(C(=N)N)cccc32)cc1.Cl.Cl. The quantitative estimate of drug-likeness (QED) is 0.320. The zero-order valence-corrected chi connectivity index (χ0v) is 19.5.